The van der Waals surface area contributed by atoms with Crippen molar-refractivity contribution in [2.24, 2.45) is 0 Å². The Morgan fingerprint density at radius 1 is 1.91 bits per heavy atom. The number of rotatable bonds is 2. The van der Waals surface area contributed by atoms with Crippen LogP contribution >= 0.6 is 11.6 Å². The zero-order chi connectivity index (χ0) is 8.27. The van der Waals surface area contributed by atoms with Gasteiger partial charge in [0, 0.05) is 6.92 Å². The van der Waals surface area contributed by atoms with E-state index in [1.807, 2.05) is 0 Å². The SMILES string of the molecule is CC(=O)On1cnc(CCl)c1. The lowest BCUT2D eigenvalue weighted by Crippen LogP contribution is -2.14. The van der Waals surface area contributed by atoms with E-state index < -0.39 is 0 Å². The molecule has 0 spiro atoms. The molecule has 0 fully saturated rings. The third-order valence-corrected chi connectivity index (χ3v) is 1.26. The first-order chi connectivity index (χ1) is 5.22. The van der Waals surface area contributed by atoms with Gasteiger partial charge in [-0.25, -0.2) is 9.78 Å². The summed E-state index contributed by atoms with van der Waals surface area (Å²) < 4.78 is 1.22. The van der Waals surface area contributed by atoms with Crippen LogP contribution in [-0.4, -0.2) is 15.7 Å². The van der Waals surface area contributed by atoms with Crippen molar-refractivity contribution in [2.45, 2.75) is 12.8 Å². The highest BCUT2D eigenvalue weighted by Gasteiger charge is 1.98. The average Bonchev–Trinajstić information content (AvgIpc) is 2.34. The Balaban J connectivity index is 2.65. The highest BCUT2D eigenvalue weighted by molar-refractivity contribution is 6.16. The number of carbonyl (C=O) groups excluding carboxylic acids is 1. The molecule has 1 heterocycles. The van der Waals surface area contributed by atoms with Gasteiger partial charge in [-0.1, -0.05) is 0 Å². The Kier molecular flexibility index (Phi) is 2.48. The molecule has 0 amide bonds. The van der Waals surface area contributed by atoms with E-state index in [1.165, 1.54) is 18.0 Å². The lowest BCUT2D eigenvalue weighted by Gasteiger charge is -1.96. The molecule has 0 N–H and O–H groups in total. The van der Waals surface area contributed by atoms with Crippen LogP contribution in [0.25, 0.3) is 0 Å². The van der Waals surface area contributed by atoms with Gasteiger partial charge in [-0.2, -0.15) is 4.73 Å². The van der Waals surface area contributed by atoms with Crippen molar-refractivity contribution in [3.05, 3.63) is 18.2 Å². The van der Waals surface area contributed by atoms with E-state index in [2.05, 4.69) is 9.82 Å². The van der Waals surface area contributed by atoms with Gasteiger partial charge in [0.05, 0.1) is 17.8 Å². The van der Waals surface area contributed by atoms with Gasteiger partial charge in [-0.15, -0.1) is 11.6 Å². The minimum absolute atomic E-state index is 0.314. The molecule has 1 aromatic heterocycles. The van der Waals surface area contributed by atoms with Gasteiger partial charge in [0.25, 0.3) is 0 Å². The van der Waals surface area contributed by atoms with Crippen LogP contribution in [0, 0.1) is 0 Å². The quantitative estimate of drug-likeness (QED) is 0.617. The van der Waals surface area contributed by atoms with Gasteiger partial charge in [0.15, 0.2) is 0 Å². The first-order valence-corrected chi connectivity index (χ1v) is 3.53. The zero-order valence-electron chi connectivity index (χ0n) is 5.95. The number of aromatic nitrogens is 2. The maximum absolute atomic E-state index is 10.4. The molecule has 1 rings (SSSR count). The zero-order valence-corrected chi connectivity index (χ0v) is 6.71. The van der Waals surface area contributed by atoms with Crippen molar-refractivity contribution in [3.8, 4) is 0 Å². The number of nitrogens with zero attached hydrogens (tertiary/aromatic N) is 2. The van der Waals surface area contributed by atoms with E-state index >= 15 is 0 Å². The lowest BCUT2D eigenvalue weighted by molar-refractivity contribution is -0.141. The molecule has 0 saturated heterocycles. The number of hydrogen-bond acceptors (Lipinski definition) is 3. The molecule has 0 atom stereocenters. The van der Waals surface area contributed by atoms with Crippen LogP contribution in [0.1, 0.15) is 12.6 Å². The summed E-state index contributed by atoms with van der Waals surface area (Å²) in [6.45, 7) is 1.32. The summed E-state index contributed by atoms with van der Waals surface area (Å²) in [7, 11) is 0. The third-order valence-electron chi connectivity index (χ3n) is 0.985. The van der Waals surface area contributed by atoms with Crippen molar-refractivity contribution < 1.29 is 9.63 Å². The molecular weight excluding hydrogens is 168 g/mol. The summed E-state index contributed by atoms with van der Waals surface area (Å²) in [4.78, 5) is 18.9. The van der Waals surface area contributed by atoms with Crippen LogP contribution in [0.4, 0.5) is 0 Å². The predicted octanol–water partition coefficient (Wildman–Crippen LogP) is 0.597. The Hall–Kier alpha value is -1.03. The van der Waals surface area contributed by atoms with Gasteiger partial charge in [-0.3, -0.25) is 0 Å². The lowest BCUT2D eigenvalue weighted by atomic mass is 10.6. The summed E-state index contributed by atoms with van der Waals surface area (Å²) in [5, 5.41) is 0. The fourth-order valence-electron chi connectivity index (χ4n) is 0.612. The maximum Gasteiger partial charge on any atom is 0.329 e. The van der Waals surface area contributed by atoms with Crippen LogP contribution in [0.5, 0.6) is 0 Å². The van der Waals surface area contributed by atoms with Gasteiger partial charge < -0.3 is 4.84 Å². The minimum atomic E-state index is -0.386. The summed E-state index contributed by atoms with van der Waals surface area (Å²) in [6, 6.07) is 0. The maximum atomic E-state index is 10.4. The molecule has 0 unspecified atom stereocenters. The largest absolute Gasteiger partial charge is 0.336 e. The third kappa shape index (κ3) is 2.23. The molecule has 0 aromatic carbocycles. The second kappa shape index (κ2) is 3.39. The van der Waals surface area contributed by atoms with Gasteiger partial charge in [0.2, 0.25) is 0 Å². The highest BCUT2D eigenvalue weighted by atomic mass is 35.5. The van der Waals surface area contributed by atoms with Gasteiger partial charge in [-0.05, 0) is 0 Å². The van der Waals surface area contributed by atoms with E-state index in [0.717, 1.165) is 0 Å². The summed E-state index contributed by atoms with van der Waals surface area (Å²) >= 11 is 5.46. The number of alkyl halides is 1. The number of carbonyl (C=O) groups is 1. The van der Waals surface area contributed by atoms with Crippen LogP contribution in [-0.2, 0) is 10.7 Å². The first kappa shape index (κ1) is 8.07. The van der Waals surface area contributed by atoms with E-state index in [0.29, 0.717) is 11.6 Å². The topological polar surface area (TPSA) is 44.1 Å². The molecule has 11 heavy (non-hydrogen) atoms. The highest BCUT2D eigenvalue weighted by Crippen LogP contribution is 1.97. The normalized spacial score (nSPS) is 9.64. The standard InChI is InChI=1S/C6H7ClN2O2/c1-5(10)11-9-3-6(2-7)8-4-9/h3-4H,2H2,1H3. The molecule has 0 radical (unpaired) electrons. The van der Waals surface area contributed by atoms with E-state index in [-0.39, 0.29) is 5.97 Å². The van der Waals surface area contributed by atoms with Gasteiger partial charge >= 0.3 is 5.97 Å². The van der Waals surface area contributed by atoms with Crippen LogP contribution < -0.4 is 4.84 Å². The minimum Gasteiger partial charge on any atom is -0.336 e. The Morgan fingerprint density at radius 3 is 3.09 bits per heavy atom. The number of halogens is 1. The van der Waals surface area contributed by atoms with Crippen molar-refractivity contribution in [1.82, 2.24) is 9.71 Å². The van der Waals surface area contributed by atoms with E-state index in [9.17, 15) is 4.79 Å². The van der Waals surface area contributed by atoms with Crippen molar-refractivity contribution in [2.75, 3.05) is 0 Å². The molecule has 0 aliphatic heterocycles. The monoisotopic (exact) mass is 174 g/mol. The molecule has 0 aliphatic rings. The van der Waals surface area contributed by atoms with Crippen molar-refractivity contribution >= 4 is 17.6 Å². The fourth-order valence-corrected chi connectivity index (χ4v) is 0.750. The second-order valence-corrected chi connectivity index (χ2v) is 2.21. The fraction of sp³-hybridized carbons (Fsp3) is 0.333. The molecular formula is C6H7ClN2O2. The molecule has 0 aliphatic carbocycles. The molecule has 0 bridgehead atoms. The Morgan fingerprint density at radius 2 is 2.64 bits per heavy atom. The van der Waals surface area contributed by atoms with E-state index in [1.54, 1.807) is 6.20 Å². The number of imidazole rings is 1. The Bertz CT molecular complexity index is 259. The number of hydrogen-bond donors (Lipinski definition) is 0. The van der Waals surface area contributed by atoms with Crippen LogP contribution in [0.15, 0.2) is 12.5 Å². The van der Waals surface area contributed by atoms with E-state index in [4.69, 9.17) is 11.6 Å². The molecule has 0 saturated carbocycles. The molecule has 4 nitrogen and oxygen atoms in total. The second-order valence-electron chi connectivity index (χ2n) is 1.94. The smallest absolute Gasteiger partial charge is 0.329 e. The average molecular weight is 175 g/mol. The summed E-state index contributed by atoms with van der Waals surface area (Å²) in [5.74, 6) is -0.0719. The summed E-state index contributed by atoms with van der Waals surface area (Å²) in [6.07, 6.45) is 2.94. The molecule has 60 valence electrons. The summed E-state index contributed by atoms with van der Waals surface area (Å²) in [5.41, 5.74) is 0.674. The first-order valence-electron chi connectivity index (χ1n) is 3.00. The molecule has 5 heteroatoms. The molecule has 1 aromatic rings. The van der Waals surface area contributed by atoms with Crippen molar-refractivity contribution in [3.63, 3.8) is 0 Å². The van der Waals surface area contributed by atoms with Crippen LogP contribution in [0.3, 0.4) is 0 Å². The van der Waals surface area contributed by atoms with Crippen LogP contribution in [0.2, 0.25) is 0 Å². The van der Waals surface area contributed by atoms with Gasteiger partial charge in [0.1, 0.15) is 6.33 Å². The predicted molar refractivity (Wildman–Crippen MR) is 39.0 cm³/mol. The van der Waals surface area contributed by atoms with Crippen molar-refractivity contribution in [1.29, 1.82) is 0 Å². The Labute approximate surface area is 68.7 Å².